The molecule has 0 saturated carbocycles. The molecule has 6 heteroatoms. The van der Waals surface area contributed by atoms with Gasteiger partial charge in [0.1, 0.15) is 11.6 Å². The number of carbonyl (C=O) groups excluding carboxylic acids is 2. The first-order valence-electron chi connectivity index (χ1n) is 8.18. The Labute approximate surface area is 145 Å². The van der Waals surface area contributed by atoms with E-state index in [1.165, 1.54) is 12.1 Å². The van der Waals surface area contributed by atoms with Crippen LogP contribution in [0.25, 0.3) is 0 Å². The van der Waals surface area contributed by atoms with Crippen molar-refractivity contribution in [2.24, 2.45) is 0 Å². The summed E-state index contributed by atoms with van der Waals surface area (Å²) in [6.07, 6.45) is 0.709. The third-order valence-electron chi connectivity index (χ3n) is 4.00. The summed E-state index contributed by atoms with van der Waals surface area (Å²) in [4.78, 5) is 24.2. The van der Waals surface area contributed by atoms with E-state index in [1.807, 2.05) is 30.3 Å². The first-order chi connectivity index (χ1) is 12.1. The second kappa shape index (κ2) is 7.79. The summed E-state index contributed by atoms with van der Waals surface area (Å²) >= 11 is 0. The van der Waals surface area contributed by atoms with Gasteiger partial charge in [0.05, 0.1) is 12.5 Å². The summed E-state index contributed by atoms with van der Waals surface area (Å²) in [5.41, 5.74) is 1.00. The van der Waals surface area contributed by atoms with Crippen LogP contribution in [0.15, 0.2) is 48.5 Å². The molecule has 1 heterocycles. The molecule has 25 heavy (non-hydrogen) atoms. The topological polar surface area (TPSA) is 67.4 Å². The van der Waals surface area contributed by atoms with Crippen LogP contribution >= 0.6 is 0 Å². The summed E-state index contributed by atoms with van der Waals surface area (Å²) in [5, 5.41) is 5.42. The maximum atomic E-state index is 13.3. The molecule has 0 spiro atoms. The second-order valence-corrected chi connectivity index (χ2v) is 5.84. The summed E-state index contributed by atoms with van der Waals surface area (Å²) < 4.78 is 18.9. The number of nitrogens with one attached hydrogen (secondary N) is 2. The molecule has 5 nitrogen and oxygen atoms in total. The predicted octanol–water partition coefficient (Wildman–Crippen LogP) is 2.84. The first-order valence-corrected chi connectivity index (χ1v) is 8.18. The lowest BCUT2D eigenvalue weighted by Gasteiger charge is -2.24. The number of hydrogen-bond acceptors (Lipinski definition) is 3. The lowest BCUT2D eigenvalue weighted by Crippen LogP contribution is -2.35. The van der Waals surface area contributed by atoms with E-state index in [9.17, 15) is 14.0 Å². The van der Waals surface area contributed by atoms with Crippen LogP contribution in [-0.4, -0.2) is 25.0 Å². The molecule has 2 aromatic rings. The van der Waals surface area contributed by atoms with Crippen molar-refractivity contribution in [1.82, 2.24) is 5.32 Å². The highest BCUT2D eigenvalue weighted by molar-refractivity contribution is 6.01. The van der Waals surface area contributed by atoms with Gasteiger partial charge in [0.15, 0.2) is 0 Å². The van der Waals surface area contributed by atoms with Crippen LogP contribution in [-0.2, 0) is 9.59 Å². The molecule has 0 aromatic heterocycles. The van der Waals surface area contributed by atoms with Crippen molar-refractivity contribution in [2.45, 2.75) is 18.8 Å². The van der Waals surface area contributed by atoms with Gasteiger partial charge in [-0.05, 0) is 36.2 Å². The standard InChI is InChI=1S/C19H19FN2O3/c20-13-7-8-15-16(12-18(23)22-17(15)11-13)19(24)21-9-4-10-25-14-5-2-1-3-6-14/h1-3,5-8,11,16H,4,9-10,12H2,(H,21,24)(H,22,23). The van der Waals surface area contributed by atoms with Crippen molar-refractivity contribution in [2.75, 3.05) is 18.5 Å². The minimum absolute atomic E-state index is 0.0605. The molecule has 130 valence electrons. The quantitative estimate of drug-likeness (QED) is 0.793. The Morgan fingerprint density at radius 2 is 2.04 bits per heavy atom. The molecule has 1 aliphatic rings. The zero-order chi connectivity index (χ0) is 17.6. The molecule has 3 rings (SSSR count). The monoisotopic (exact) mass is 342 g/mol. The highest BCUT2D eigenvalue weighted by Gasteiger charge is 2.30. The Kier molecular flexibility index (Phi) is 5.28. The Bertz CT molecular complexity index is 765. The molecule has 1 aliphatic heterocycles. The number of halogens is 1. The summed E-state index contributed by atoms with van der Waals surface area (Å²) in [7, 11) is 0. The molecule has 0 bridgehead atoms. The molecule has 0 aliphatic carbocycles. The molecule has 2 amide bonds. The first kappa shape index (κ1) is 17.0. The molecule has 2 aromatic carbocycles. The number of para-hydroxylation sites is 1. The van der Waals surface area contributed by atoms with Crippen molar-refractivity contribution in [3.05, 3.63) is 59.9 Å². The highest BCUT2D eigenvalue weighted by atomic mass is 19.1. The third-order valence-corrected chi connectivity index (χ3v) is 4.00. The Balaban J connectivity index is 1.51. The summed E-state index contributed by atoms with van der Waals surface area (Å²) in [5.74, 6) is -0.778. The van der Waals surface area contributed by atoms with Gasteiger partial charge in [-0.15, -0.1) is 0 Å². The predicted molar refractivity (Wildman–Crippen MR) is 92.0 cm³/mol. The number of rotatable bonds is 6. The maximum Gasteiger partial charge on any atom is 0.228 e. The number of anilines is 1. The number of amides is 2. The van der Waals surface area contributed by atoms with Crippen LogP contribution in [0.4, 0.5) is 10.1 Å². The van der Waals surface area contributed by atoms with E-state index >= 15 is 0 Å². The van der Waals surface area contributed by atoms with E-state index in [2.05, 4.69) is 10.6 Å². The van der Waals surface area contributed by atoms with Crippen molar-refractivity contribution in [3.8, 4) is 5.75 Å². The Hall–Kier alpha value is -2.89. The Morgan fingerprint density at radius 1 is 1.24 bits per heavy atom. The molecular formula is C19H19FN2O3. The number of benzene rings is 2. The van der Waals surface area contributed by atoms with Gasteiger partial charge in [0, 0.05) is 18.7 Å². The molecule has 0 radical (unpaired) electrons. The summed E-state index contributed by atoms with van der Waals surface area (Å²) in [6, 6.07) is 13.5. The van der Waals surface area contributed by atoms with E-state index in [0.717, 1.165) is 5.75 Å². The van der Waals surface area contributed by atoms with Crippen molar-refractivity contribution in [1.29, 1.82) is 0 Å². The third kappa shape index (κ3) is 4.35. The van der Waals surface area contributed by atoms with E-state index in [-0.39, 0.29) is 18.2 Å². The smallest absolute Gasteiger partial charge is 0.228 e. The number of carbonyl (C=O) groups is 2. The molecule has 2 N–H and O–H groups in total. The van der Waals surface area contributed by atoms with Crippen LogP contribution in [0.3, 0.4) is 0 Å². The fourth-order valence-electron chi connectivity index (χ4n) is 2.78. The molecule has 0 fully saturated rings. The summed E-state index contributed by atoms with van der Waals surface area (Å²) in [6.45, 7) is 0.928. The zero-order valence-corrected chi connectivity index (χ0v) is 13.6. The van der Waals surface area contributed by atoms with Gasteiger partial charge in [0.25, 0.3) is 0 Å². The number of fused-ring (bicyclic) bond motifs is 1. The average Bonchev–Trinajstić information content (AvgIpc) is 2.61. The second-order valence-electron chi connectivity index (χ2n) is 5.84. The van der Waals surface area contributed by atoms with E-state index in [0.29, 0.717) is 30.8 Å². The van der Waals surface area contributed by atoms with Gasteiger partial charge in [-0.1, -0.05) is 24.3 Å². The van der Waals surface area contributed by atoms with Gasteiger partial charge >= 0.3 is 0 Å². The van der Waals surface area contributed by atoms with Crippen LogP contribution in [0.2, 0.25) is 0 Å². The SMILES string of the molecule is O=C1CC(C(=O)NCCCOc2ccccc2)c2ccc(F)cc2N1. The number of hydrogen-bond donors (Lipinski definition) is 2. The van der Waals surface area contributed by atoms with Crippen molar-refractivity contribution < 1.29 is 18.7 Å². The minimum Gasteiger partial charge on any atom is -0.494 e. The maximum absolute atomic E-state index is 13.3. The van der Waals surface area contributed by atoms with Gasteiger partial charge in [-0.2, -0.15) is 0 Å². The average molecular weight is 342 g/mol. The lowest BCUT2D eigenvalue weighted by atomic mass is 9.89. The van der Waals surface area contributed by atoms with Crippen LogP contribution in [0.1, 0.15) is 24.3 Å². The molecule has 1 unspecified atom stereocenters. The van der Waals surface area contributed by atoms with Crippen LogP contribution in [0, 0.1) is 5.82 Å². The van der Waals surface area contributed by atoms with Gasteiger partial charge in [-0.25, -0.2) is 4.39 Å². The van der Waals surface area contributed by atoms with E-state index in [1.54, 1.807) is 6.07 Å². The van der Waals surface area contributed by atoms with Crippen molar-refractivity contribution in [3.63, 3.8) is 0 Å². The Morgan fingerprint density at radius 3 is 2.84 bits per heavy atom. The molecular weight excluding hydrogens is 323 g/mol. The fourth-order valence-corrected chi connectivity index (χ4v) is 2.78. The minimum atomic E-state index is -0.598. The van der Waals surface area contributed by atoms with E-state index < -0.39 is 11.7 Å². The number of ether oxygens (including phenoxy) is 1. The lowest BCUT2D eigenvalue weighted by molar-refractivity contribution is -0.126. The molecule has 0 saturated heterocycles. The van der Waals surface area contributed by atoms with Crippen LogP contribution < -0.4 is 15.4 Å². The van der Waals surface area contributed by atoms with E-state index in [4.69, 9.17) is 4.74 Å². The van der Waals surface area contributed by atoms with Gasteiger partial charge in [0.2, 0.25) is 11.8 Å². The normalized spacial score (nSPS) is 15.9. The molecule has 1 atom stereocenters. The van der Waals surface area contributed by atoms with Gasteiger partial charge < -0.3 is 15.4 Å². The highest BCUT2D eigenvalue weighted by Crippen LogP contribution is 2.32. The fraction of sp³-hybridized carbons (Fsp3) is 0.263. The van der Waals surface area contributed by atoms with Crippen molar-refractivity contribution >= 4 is 17.5 Å². The van der Waals surface area contributed by atoms with Crippen LogP contribution in [0.5, 0.6) is 5.75 Å². The van der Waals surface area contributed by atoms with Gasteiger partial charge in [-0.3, -0.25) is 9.59 Å². The zero-order valence-electron chi connectivity index (χ0n) is 13.6. The largest absolute Gasteiger partial charge is 0.494 e.